The lowest BCUT2D eigenvalue weighted by Crippen LogP contribution is -2.51. The first-order valence-electron chi connectivity index (χ1n) is 19.8. The second-order valence-electron chi connectivity index (χ2n) is 15.8. The fourth-order valence-corrected chi connectivity index (χ4v) is 8.30. The van der Waals surface area contributed by atoms with Crippen molar-refractivity contribution in [1.29, 1.82) is 0 Å². The Bertz CT molecular complexity index is 3120. The summed E-state index contributed by atoms with van der Waals surface area (Å²) in [5.41, 5.74) is 9.13. The van der Waals surface area contributed by atoms with Crippen LogP contribution in [0.15, 0.2) is 121 Å². The molecule has 4 nitrogen and oxygen atoms in total. The Balaban J connectivity index is 1.53. The minimum Gasteiger partial charge on any atom is -0.354 e. The van der Waals surface area contributed by atoms with Gasteiger partial charge in [-0.15, -0.1) is 0 Å². The molecule has 8 bridgehead atoms. The smallest absolute Gasteiger partial charge is 0.354 e. The lowest BCUT2D eigenvalue weighted by atomic mass is 9.93. The van der Waals surface area contributed by atoms with Gasteiger partial charge in [0.25, 0.3) is 0 Å². The second kappa shape index (κ2) is 15.3. The molecule has 0 fully saturated rings. The van der Waals surface area contributed by atoms with Crippen LogP contribution >= 0.6 is 22.6 Å². The molecule has 0 radical (unpaired) electrons. The van der Waals surface area contributed by atoms with Gasteiger partial charge in [-0.1, -0.05) is 119 Å². The molecule has 11 heteroatoms. The van der Waals surface area contributed by atoms with Gasteiger partial charge < -0.3 is 9.97 Å². The maximum atomic E-state index is 16.8. The molecule has 0 spiro atoms. The molecule has 4 aromatic carbocycles. The van der Waals surface area contributed by atoms with Gasteiger partial charge in [-0.2, -0.15) is 26.3 Å². The van der Waals surface area contributed by atoms with Gasteiger partial charge in [-0.3, -0.25) is 0 Å². The van der Waals surface area contributed by atoms with Crippen molar-refractivity contribution in [3.63, 3.8) is 0 Å². The van der Waals surface area contributed by atoms with Crippen LogP contribution in [0.25, 0.3) is 90.4 Å². The van der Waals surface area contributed by atoms with Crippen molar-refractivity contribution in [3.8, 4) is 44.5 Å². The Morgan fingerprint density at radius 1 is 0.419 bits per heavy atom. The number of fused-ring (bicyclic) bond motifs is 8. The van der Waals surface area contributed by atoms with E-state index in [9.17, 15) is 8.78 Å². The van der Waals surface area contributed by atoms with Gasteiger partial charge in [0.1, 0.15) is 0 Å². The highest BCUT2D eigenvalue weighted by atomic mass is 127. The van der Waals surface area contributed by atoms with Crippen LogP contribution in [0, 0.1) is 27.7 Å². The van der Waals surface area contributed by atoms with E-state index in [0.717, 1.165) is 45.0 Å². The van der Waals surface area contributed by atoms with Crippen molar-refractivity contribution in [2.45, 2.75) is 43.5 Å². The third kappa shape index (κ3) is 7.15. The Morgan fingerprint density at radius 2 is 0.742 bits per heavy atom. The van der Waals surface area contributed by atoms with Crippen LogP contribution in [-0.2, 0) is 0 Å². The number of alkyl halides is 7. The molecule has 3 aromatic heterocycles. The Morgan fingerprint density at radius 3 is 1.10 bits per heavy atom. The van der Waals surface area contributed by atoms with Crippen LogP contribution in [0.4, 0.5) is 26.3 Å². The third-order valence-corrected chi connectivity index (χ3v) is 12.0. The fraction of sp³-hybridized carbons (Fsp3) is 0.137. The molecule has 2 N–H and O–H groups in total. The van der Waals surface area contributed by atoms with E-state index in [4.69, 9.17) is 9.97 Å². The summed E-state index contributed by atoms with van der Waals surface area (Å²) in [6, 6.07) is 37.0. The molecule has 0 amide bonds. The molecule has 7 aromatic rings. The predicted octanol–water partition coefficient (Wildman–Crippen LogP) is 15.2. The van der Waals surface area contributed by atoms with Crippen molar-refractivity contribution < 1.29 is 26.3 Å². The van der Waals surface area contributed by atoms with E-state index in [1.54, 1.807) is 54.6 Å². The van der Waals surface area contributed by atoms with Gasteiger partial charge in [0, 0.05) is 66.9 Å². The summed E-state index contributed by atoms with van der Waals surface area (Å²) in [6.07, 6.45) is 4.71. The summed E-state index contributed by atoms with van der Waals surface area (Å²) in [7, 11) is 0. The van der Waals surface area contributed by atoms with E-state index >= 15 is 17.6 Å². The highest BCUT2D eigenvalue weighted by molar-refractivity contribution is 14.1. The quantitative estimate of drug-likeness (QED) is 0.0950. The number of H-pyrrole nitrogens is 2. The van der Waals surface area contributed by atoms with Crippen LogP contribution in [0.5, 0.6) is 0 Å². The normalized spacial score (nSPS) is 13.1. The molecule has 0 unspecified atom stereocenters. The standard InChI is InChI=1S/C51H37F6IN4/c1-28-5-13-32(14-6-28)44-37-21-22-38(59-37)45(33-15-7-29(2)8-16-33)40-25-26-42(61-40)47(35-19-11-31(4)12-20-35)48-36(49(52,53)50(54,55)51(56,57)58)27-43(62-48)46(41-24-23-39(44)60-41)34-17-9-30(3)10-18-34/h5-27,60-61H,1-4H3. The van der Waals surface area contributed by atoms with E-state index in [1.807, 2.05) is 107 Å². The van der Waals surface area contributed by atoms with Crippen molar-refractivity contribution in [1.82, 2.24) is 19.9 Å². The first-order valence-corrected chi connectivity index (χ1v) is 20.9. The van der Waals surface area contributed by atoms with Crippen molar-refractivity contribution in [3.05, 3.63) is 166 Å². The van der Waals surface area contributed by atoms with Gasteiger partial charge in [-0.05, 0) is 92.4 Å². The number of aryl methyl sites for hydroxylation is 4. The average molecular weight is 947 g/mol. The fourth-order valence-electron chi connectivity index (χ4n) is 7.96. The number of aromatic nitrogens is 4. The molecular weight excluding hydrogens is 909 g/mol. The molecule has 0 saturated carbocycles. The van der Waals surface area contributed by atoms with Crippen LogP contribution in [0.3, 0.4) is 0 Å². The lowest BCUT2D eigenvalue weighted by Gasteiger charge is -2.30. The SMILES string of the molecule is Cc1ccc(-c2c3nc(c(-c4ccc(C)cc4)c4ccc([nH]4)c(-c4ccc(C)cc4)c4nc(c(-c5ccc(C)cc5)c5ccc2[nH]5)C=C4C(F)(F)C(F)(F)C(F)(F)I)C=C3)cc1. The highest BCUT2D eigenvalue weighted by Gasteiger charge is 2.72. The molecular formula is C51H37F6IN4. The van der Waals surface area contributed by atoms with E-state index in [2.05, 4.69) is 9.97 Å². The van der Waals surface area contributed by atoms with Crippen molar-refractivity contribution in [2.24, 2.45) is 0 Å². The van der Waals surface area contributed by atoms with Gasteiger partial charge in [0.2, 0.25) is 0 Å². The van der Waals surface area contributed by atoms with E-state index < -0.39 is 27.0 Å². The van der Waals surface area contributed by atoms with Crippen LogP contribution in [0.1, 0.15) is 45.0 Å². The molecule has 0 aliphatic carbocycles. The number of benzene rings is 4. The van der Waals surface area contributed by atoms with E-state index in [0.29, 0.717) is 50.2 Å². The number of allylic oxidation sites excluding steroid dienone is 1. The zero-order valence-electron chi connectivity index (χ0n) is 33.8. The predicted molar refractivity (Wildman–Crippen MR) is 247 cm³/mol. The minimum absolute atomic E-state index is 0.0154. The summed E-state index contributed by atoms with van der Waals surface area (Å²) in [5.74, 6) is -11.2. The van der Waals surface area contributed by atoms with E-state index in [-0.39, 0.29) is 39.4 Å². The number of nitrogens with zero attached hydrogens (tertiary/aromatic N) is 2. The molecule has 62 heavy (non-hydrogen) atoms. The lowest BCUT2D eigenvalue weighted by molar-refractivity contribution is -0.244. The number of aromatic amines is 2. The highest BCUT2D eigenvalue weighted by Crippen LogP contribution is 2.56. The molecule has 0 atom stereocenters. The Labute approximate surface area is 367 Å². The van der Waals surface area contributed by atoms with Gasteiger partial charge >= 0.3 is 15.8 Å². The molecule has 0 saturated heterocycles. The van der Waals surface area contributed by atoms with Gasteiger partial charge in [-0.25, -0.2) is 9.97 Å². The topological polar surface area (TPSA) is 57.4 Å². The Kier molecular flexibility index (Phi) is 10.2. The van der Waals surface area contributed by atoms with Crippen LogP contribution in [0.2, 0.25) is 0 Å². The molecule has 5 heterocycles. The summed E-state index contributed by atoms with van der Waals surface area (Å²) in [6.45, 7) is 7.71. The minimum atomic E-state index is -5.82. The monoisotopic (exact) mass is 946 g/mol. The number of nitrogens with one attached hydrogen (secondary N) is 2. The van der Waals surface area contributed by atoms with Crippen LogP contribution in [-0.4, -0.2) is 35.7 Å². The largest absolute Gasteiger partial charge is 0.385 e. The first-order chi connectivity index (χ1) is 29.5. The summed E-state index contributed by atoms with van der Waals surface area (Å²) >= 11 is 0.0906. The van der Waals surface area contributed by atoms with Gasteiger partial charge in [0.05, 0.1) is 28.3 Å². The van der Waals surface area contributed by atoms with Crippen molar-refractivity contribution in [2.75, 3.05) is 0 Å². The molecule has 9 rings (SSSR count). The second-order valence-corrected chi connectivity index (χ2v) is 17.2. The Hall–Kier alpha value is -6.21. The van der Waals surface area contributed by atoms with Crippen molar-refractivity contribution >= 4 is 68.5 Å². The number of hydrogen-bond donors (Lipinski definition) is 2. The average Bonchev–Trinajstić information content (AvgIpc) is 4.07. The number of rotatable bonds is 7. The maximum Gasteiger partial charge on any atom is 0.385 e. The molecule has 310 valence electrons. The van der Waals surface area contributed by atoms with Gasteiger partial charge in [0.15, 0.2) is 0 Å². The number of hydrogen-bond acceptors (Lipinski definition) is 2. The first kappa shape index (κ1) is 41.2. The summed E-state index contributed by atoms with van der Waals surface area (Å²) < 4.78 is 89.5. The molecule has 2 aliphatic heterocycles. The summed E-state index contributed by atoms with van der Waals surface area (Å²) in [4.78, 5) is 17.0. The number of halogens is 7. The van der Waals surface area contributed by atoms with E-state index in [1.165, 1.54) is 0 Å². The zero-order chi connectivity index (χ0) is 43.7. The molecule has 2 aliphatic rings. The maximum absolute atomic E-state index is 16.8. The van der Waals surface area contributed by atoms with Crippen LogP contribution < -0.4 is 0 Å². The zero-order valence-corrected chi connectivity index (χ0v) is 36.0. The summed E-state index contributed by atoms with van der Waals surface area (Å²) in [5, 5.41) is 0. The third-order valence-electron chi connectivity index (χ3n) is 11.3.